The zero-order valence-corrected chi connectivity index (χ0v) is 22.6. The van der Waals surface area contributed by atoms with Gasteiger partial charge in [-0.1, -0.05) is 58.4 Å². The first-order chi connectivity index (χ1) is 17.0. The Balaban J connectivity index is 1.92. The molecule has 36 heavy (non-hydrogen) atoms. The van der Waals surface area contributed by atoms with Crippen LogP contribution in [0.25, 0.3) is 0 Å². The molecule has 0 aliphatic carbocycles. The Labute approximate surface area is 220 Å². The molecule has 3 aromatic rings. The molecule has 0 aromatic heterocycles. The summed E-state index contributed by atoms with van der Waals surface area (Å²) in [5.74, 6) is -0.410. The number of carbonyl (C=O) groups is 2. The molecule has 0 radical (unpaired) electrons. The van der Waals surface area contributed by atoms with E-state index in [4.69, 9.17) is 4.74 Å². The molecule has 3 rings (SSSR count). The molecule has 5 nitrogen and oxygen atoms in total. The second kappa shape index (κ2) is 12.2. The number of nitrogens with zero attached hydrogens (tertiary/aromatic N) is 1. The Kier molecular flexibility index (Phi) is 9.26. The van der Waals surface area contributed by atoms with Crippen molar-refractivity contribution < 1.29 is 18.7 Å². The smallest absolute Gasteiger partial charge is 0.261 e. The molecule has 190 valence electrons. The van der Waals surface area contributed by atoms with Crippen LogP contribution in [0.1, 0.15) is 37.5 Å². The van der Waals surface area contributed by atoms with E-state index in [1.807, 2.05) is 70.2 Å². The zero-order valence-electron chi connectivity index (χ0n) is 21.1. The average molecular weight is 555 g/mol. The highest BCUT2D eigenvalue weighted by atomic mass is 79.9. The van der Waals surface area contributed by atoms with Gasteiger partial charge in [-0.15, -0.1) is 0 Å². The summed E-state index contributed by atoms with van der Waals surface area (Å²) in [6.07, 6.45) is 0.326. The molecule has 0 heterocycles. The minimum Gasteiger partial charge on any atom is -0.484 e. The summed E-state index contributed by atoms with van der Waals surface area (Å²) in [4.78, 5) is 28.6. The highest BCUT2D eigenvalue weighted by Gasteiger charge is 2.32. The van der Waals surface area contributed by atoms with Gasteiger partial charge in [-0.25, -0.2) is 4.39 Å². The number of amides is 2. The Morgan fingerprint density at radius 3 is 2.28 bits per heavy atom. The van der Waals surface area contributed by atoms with Gasteiger partial charge >= 0.3 is 0 Å². The van der Waals surface area contributed by atoms with Crippen LogP contribution in [0.3, 0.4) is 0 Å². The predicted molar refractivity (Wildman–Crippen MR) is 143 cm³/mol. The van der Waals surface area contributed by atoms with Crippen LogP contribution in [0.2, 0.25) is 0 Å². The lowest BCUT2D eigenvalue weighted by Crippen LogP contribution is -2.55. The molecular weight excluding hydrogens is 523 g/mol. The summed E-state index contributed by atoms with van der Waals surface area (Å²) in [5.41, 5.74) is 2.13. The van der Waals surface area contributed by atoms with Crippen LogP contribution in [-0.4, -0.2) is 34.9 Å². The SMILES string of the molecule is Cc1cc(OCC(=O)N(Cc2ccc(F)cc2)[C@@H](Cc2ccccc2)C(=O)NC(C)(C)C)ccc1Br. The second-order valence-corrected chi connectivity index (χ2v) is 10.6. The maximum Gasteiger partial charge on any atom is 0.261 e. The number of hydrogen-bond donors (Lipinski definition) is 1. The van der Waals surface area contributed by atoms with Gasteiger partial charge in [0, 0.05) is 23.0 Å². The van der Waals surface area contributed by atoms with E-state index in [0.29, 0.717) is 17.7 Å². The molecule has 1 N–H and O–H groups in total. The van der Waals surface area contributed by atoms with Crippen LogP contribution in [0.4, 0.5) is 4.39 Å². The zero-order chi connectivity index (χ0) is 26.3. The minimum absolute atomic E-state index is 0.136. The lowest BCUT2D eigenvalue weighted by atomic mass is 10.0. The molecule has 1 atom stereocenters. The lowest BCUT2D eigenvalue weighted by molar-refractivity contribution is -0.143. The summed E-state index contributed by atoms with van der Waals surface area (Å²) in [6.45, 7) is 7.53. The van der Waals surface area contributed by atoms with Gasteiger partial charge < -0.3 is 15.0 Å². The van der Waals surface area contributed by atoms with Gasteiger partial charge in [-0.2, -0.15) is 0 Å². The van der Waals surface area contributed by atoms with Crippen LogP contribution in [0.15, 0.2) is 77.3 Å². The fourth-order valence-corrected chi connectivity index (χ4v) is 3.97. The number of halogens is 2. The summed E-state index contributed by atoms with van der Waals surface area (Å²) >= 11 is 3.46. The number of aryl methyl sites for hydroxylation is 1. The van der Waals surface area contributed by atoms with E-state index in [1.54, 1.807) is 18.2 Å². The van der Waals surface area contributed by atoms with Gasteiger partial charge in [-0.05, 0) is 74.7 Å². The third-order valence-electron chi connectivity index (χ3n) is 5.53. The molecule has 0 saturated heterocycles. The highest BCUT2D eigenvalue weighted by Crippen LogP contribution is 2.22. The molecule has 3 aromatic carbocycles. The largest absolute Gasteiger partial charge is 0.484 e. The van der Waals surface area contributed by atoms with Crippen molar-refractivity contribution >= 4 is 27.7 Å². The van der Waals surface area contributed by atoms with Crippen LogP contribution in [0.5, 0.6) is 5.75 Å². The van der Waals surface area contributed by atoms with Crippen LogP contribution >= 0.6 is 15.9 Å². The number of ether oxygens (including phenoxy) is 1. The summed E-state index contributed by atoms with van der Waals surface area (Å²) in [5, 5.41) is 3.02. The highest BCUT2D eigenvalue weighted by molar-refractivity contribution is 9.10. The summed E-state index contributed by atoms with van der Waals surface area (Å²) in [7, 11) is 0. The van der Waals surface area contributed by atoms with Crippen molar-refractivity contribution in [2.24, 2.45) is 0 Å². The van der Waals surface area contributed by atoms with Crippen molar-refractivity contribution in [2.45, 2.75) is 52.2 Å². The maximum absolute atomic E-state index is 13.6. The number of benzene rings is 3. The molecular formula is C29H32BrFN2O3. The van der Waals surface area contributed by atoms with E-state index in [-0.39, 0.29) is 30.8 Å². The van der Waals surface area contributed by atoms with E-state index >= 15 is 0 Å². The number of rotatable bonds is 9. The Morgan fingerprint density at radius 2 is 1.67 bits per heavy atom. The quantitative estimate of drug-likeness (QED) is 0.362. The molecule has 0 aliphatic rings. The number of hydrogen-bond acceptors (Lipinski definition) is 3. The third kappa shape index (κ3) is 8.19. The standard InChI is InChI=1S/C29H32BrFN2O3/c1-20-16-24(14-15-25(20)30)36-19-27(34)33(18-22-10-12-23(31)13-11-22)26(28(35)32-29(2,3)4)17-21-8-6-5-7-9-21/h5-16,26H,17-19H2,1-4H3,(H,32,35)/t26-/m0/s1. The molecule has 0 spiro atoms. The fraction of sp³-hybridized carbons (Fsp3) is 0.310. The molecule has 7 heteroatoms. The molecule has 0 fully saturated rings. The van der Waals surface area contributed by atoms with Gasteiger partial charge in [0.2, 0.25) is 5.91 Å². The minimum atomic E-state index is -0.792. The van der Waals surface area contributed by atoms with E-state index in [0.717, 1.165) is 15.6 Å². The van der Waals surface area contributed by atoms with Crippen molar-refractivity contribution in [1.82, 2.24) is 10.2 Å². The number of carbonyl (C=O) groups excluding carboxylic acids is 2. The van der Waals surface area contributed by atoms with Crippen LogP contribution in [-0.2, 0) is 22.6 Å². The van der Waals surface area contributed by atoms with Gasteiger partial charge in [-0.3, -0.25) is 9.59 Å². The van der Waals surface area contributed by atoms with E-state index < -0.39 is 11.6 Å². The van der Waals surface area contributed by atoms with Crippen molar-refractivity contribution in [3.63, 3.8) is 0 Å². The average Bonchev–Trinajstić information content (AvgIpc) is 2.82. The first-order valence-corrected chi connectivity index (χ1v) is 12.6. The third-order valence-corrected chi connectivity index (χ3v) is 6.42. The molecule has 2 amide bonds. The van der Waals surface area contributed by atoms with Gasteiger partial charge in [0.15, 0.2) is 6.61 Å². The predicted octanol–water partition coefficient (Wildman–Crippen LogP) is 5.83. The van der Waals surface area contributed by atoms with E-state index in [2.05, 4.69) is 21.2 Å². The summed E-state index contributed by atoms with van der Waals surface area (Å²) < 4.78 is 20.3. The van der Waals surface area contributed by atoms with Gasteiger partial charge in [0.1, 0.15) is 17.6 Å². The van der Waals surface area contributed by atoms with Crippen molar-refractivity contribution in [3.8, 4) is 5.75 Å². The first-order valence-electron chi connectivity index (χ1n) is 11.8. The molecule has 0 saturated carbocycles. The molecule has 0 bridgehead atoms. The second-order valence-electron chi connectivity index (χ2n) is 9.79. The maximum atomic E-state index is 13.6. The fourth-order valence-electron chi connectivity index (χ4n) is 3.73. The monoisotopic (exact) mass is 554 g/mol. The Hall–Kier alpha value is -3.19. The van der Waals surface area contributed by atoms with Crippen molar-refractivity contribution in [2.75, 3.05) is 6.61 Å². The van der Waals surface area contributed by atoms with E-state index in [1.165, 1.54) is 17.0 Å². The van der Waals surface area contributed by atoms with Crippen molar-refractivity contribution in [1.29, 1.82) is 0 Å². The lowest BCUT2D eigenvalue weighted by Gasteiger charge is -2.33. The Morgan fingerprint density at radius 1 is 1.00 bits per heavy atom. The van der Waals surface area contributed by atoms with Crippen LogP contribution < -0.4 is 10.1 Å². The topological polar surface area (TPSA) is 58.6 Å². The normalized spacial score (nSPS) is 12.1. The molecule has 0 unspecified atom stereocenters. The van der Waals surface area contributed by atoms with Gasteiger partial charge in [0.25, 0.3) is 5.91 Å². The van der Waals surface area contributed by atoms with Crippen molar-refractivity contribution in [3.05, 3.63) is 99.8 Å². The first kappa shape index (κ1) is 27.4. The summed E-state index contributed by atoms with van der Waals surface area (Å²) in [6, 6.07) is 20.2. The van der Waals surface area contributed by atoms with Gasteiger partial charge in [0.05, 0.1) is 0 Å². The van der Waals surface area contributed by atoms with E-state index in [9.17, 15) is 14.0 Å². The van der Waals surface area contributed by atoms with Crippen LogP contribution in [0, 0.1) is 12.7 Å². The Bertz CT molecular complexity index is 1180. The molecule has 0 aliphatic heterocycles. The number of nitrogens with one attached hydrogen (secondary N) is 1.